The molecule has 0 atom stereocenters. The van der Waals surface area contributed by atoms with E-state index < -0.39 is 0 Å². The molecule has 1 aromatic heterocycles. The zero-order valence-electron chi connectivity index (χ0n) is 10.8. The Bertz CT molecular complexity index is 831. The van der Waals surface area contributed by atoms with Crippen LogP contribution in [0.3, 0.4) is 0 Å². The summed E-state index contributed by atoms with van der Waals surface area (Å²) in [4.78, 5) is 4.78. The lowest BCUT2D eigenvalue weighted by Crippen LogP contribution is -2.02. The molecule has 2 aromatic carbocycles. The number of benzene rings is 2. The number of hydrogen-bond donors (Lipinski definition) is 1. The van der Waals surface area contributed by atoms with Gasteiger partial charge in [0.2, 0.25) is 0 Å². The van der Waals surface area contributed by atoms with Crippen molar-refractivity contribution in [2.75, 3.05) is 5.32 Å². The van der Waals surface area contributed by atoms with Crippen LogP contribution >= 0.6 is 0 Å². The van der Waals surface area contributed by atoms with Crippen LogP contribution in [-0.2, 0) is 6.42 Å². The molecule has 0 fully saturated rings. The maximum atomic E-state index is 4.78. The van der Waals surface area contributed by atoms with Crippen LogP contribution in [0, 0.1) is 0 Å². The Morgan fingerprint density at radius 1 is 1.05 bits per heavy atom. The number of anilines is 1. The molecule has 0 amide bonds. The van der Waals surface area contributed by atoms with Gasteiger partial charge >= 0.3 is 0 Å². The summed E-state index contributed by atoms with van der Waals surface area (Å²) < 4.78 is 0. The second-order valence-corrected chi connectivity index (χ2v) is 4.87. The number of para-hydroxylation sites is 1. The van der Waals surface area contributed by atoms with E-state index in [9.17, 15) is 0 Å². The predicted octanol–water partition coefficient (Wildman–Crippen LogP) is 4.35. The predicted molar refractivity (Wildman–Crippen MR) is 81.3 cm³/mol. The molecular formula is C17H14N2. The van der Waals surface area contributed by atoms with Crippen molar-refractivity contribution < 1.29 is 0 Å². The SMILES string of the molecule is CCc1ccc2nc3ccccc3c3c2c1NC=C3. The topological polar surface area (TPSA) is 24.9 Å². The zero-order chi connectivity index (χ0) is 12.8. The van der Waals surface area contributed by atoms with Crippen LogP contribution in [0.25, 0.3) is 27.9 Å². The molecule has 1 aliphatic heterocycles. The van der Waals surface area contributed by atoms with Crippen molar-refractivity contribution in [3.63, 3.8) is 0 Å². The molecule has 0 saturated carbocycles. The molecule has 1 N–H and O–H groups in total. The van der Waals surface area contributed by atoms with E-state index in [1.807, 2.05) is 12.3 Å². The molecule has 2 heterocycles. The maximum absolute atomic E-state index is 4.78. The molecule has 3 aromatic rings. The fraction of sp³-hybridized carbons (Fsp3) is 0.118. The Kier molecular flexibility index (Phi) is 2.12. The van der Waals surface area contributed by atoms with Gasteiger partial charge in [0, 0.05) is 17.0 Å². The monoisotopic (exact) mass is 246 g/mol. The molecule has 0 spiro atoms. The van der Waals surface area contributed by atoms with Gasteiger partial charge < -0.3 is 5.32 Å². The Hall–Kier alpha value is -2.35. The van der Waals surface area contributed by atoms with Crippen molar-refractivity contribution >= 4 is 33.6 Å². The normalized spacial score (nSPS) is 12.9. The lowest BCUT2D eigenvalue weighted by Gasteiger charge is -2.18. The minimum Gasteiger partial charge on any atom is -0.361 e. The third-order valence-electron chi connectivity index (χ3n) is 3.83. The van der Waals surface area contributed by atoms with Gasteiger partial charge in [-0.05, 0) is 35.8 Å². The van der Waals surface area contributed by atoms with Gasteiger partial charge in [0.15, 0.2) is 0 Å². The largest absolute Gasteiger partial charge is 0.361 e. The highest BCUT2D eigenvalue weighted by Crippen LogP contribution is 2.37. The van der Waals surface area contributed by atoms with E-state index in [4.69, 9.17) is 4.98 Å². The summed E-state index contributed by atoms with van der Waals surface area (Å²) in [6.45, 7) is 2.19. The lowest BCUT2D eigenvalue weighted by atomic mass is 9.96. The van der Waals surface area contributed by atoms with Gasteiger partial charge in [0.1, 0.15) is 0 Å². The van der Waals surface area contributed by atoms with Crippen molar-refractivity contribution in [1.29, 1.82) is 0 Å². The summed E-state index contributed by atoms with van der Waals surface area (Å²) in [5.74, 6) is 0. The number of hydrogen-bond acceptors (Lipinski definition) is 2. The summed E-state index contributed by atoms with van der Waals surface area (Å²) >= 11 is 0. The van der Waals surface area contributed by atoms with E-state index in [2.05, 4.69) is 48.6 Å². The average Bonchev–Trinajstić information content (AvgIpc) is 2.48. The van der Waals surface area contributed by atoms with Crippen molar-refractivity contribution in [3.05, 3.63) is 53.7 Å². The van der Waals surface area contributed by atoms with Crippen LogP contribution in [0.1, 0.15) is 18.1 Å². The Morgan fingerprint density at radius 2 is 1.95 bits per heavy atom. The Labute approximate surface area is 111 Å². The smallest absolute Gasteiger partial charge is 0.0736 e. The molecule has 0 bridgehead atoms. The van der Waals surface area contributed by atoms with Crippen LogP contribution in [0.2, 0.25) is 0 Å². The number of fused-ring (bicyclic) bond motifs is 2. The van der Waals surface area contributed by atoms with Gasteiger partial charge in [0.25, 0.3) is 0 Å². The second-order valence-electron chi connectivity index (χ2n) is 4.87. The molecule has 0 unspecified atom stereocenters. The van der Waals surface area contributed by atoms with Crippen LogP contribution < -0.4 is 5.32 Å². The summed E-state index contributed by atoms with van der Waals surface area (Å²) in [5.41, 5.74) is 5.97. The minimum atomic E-state index is 1.03. The molecule has 19 heavy (non-hydrogen) atoms. The van der Waals surface area contributed by atoms with Crippen LogP contribution in [-0.4, -0.2) is 4.98 Å². The molecule has 0 radical (unpaired) electrons. The summed E-state index contributed by atoms with van der Waals surface area (Å²) in [6, 6.07) is 12.7. The highest BCUT2D eigenvalue weighted by Gasteiger charge is 2.15. The van der Waals surface area contributed by atoms with Crippen molar-refractivity contribution in [2.24, 2.45) is 0 Å². The van der Waals surface area contributed by atoms with Gasteiger partial charge in [-0.2, -0.15) is 0 Å². The van der Waals surface area contributed by atoms with E-state index in [1.54, 1.807) is 0 Å². The molecule has 2 heteroatoms. The number of aromatic nitrogens is 1. The first-order chi connectivity index (χ1) is 9.38. The second kappa shape index (κ2) is 3.82. The number of rotatable bonds is 1. The zero-order valence-corrected chi connectivity index (χ0v) is 10.8. The van der Waals surface area contributed by atoms with Gasteiger partial charge in [-0.1, -0.05) is 31.2 Å². The quantitative estimate of drug-likeness (QED) is 0.646. The molecule has 2 nitrogen and oxygen atoms in total. The highest BCUT2D eigenvalue weighted by molar-refractivity contribution is 6.10. The number of nitrogens with zero attached hydrogens (tertiary/aromatic N) is 1. The van der Waals surface area contributed by atoms with Gasteiger partial charge in [-0.25, -0.2) is 4.98 Å². The van der Waals surface area contributed by atoms with Crippen molar-refractivity contribution in [1.82, 2.24) is 4.98 Å². The third kappa shape index (κ3) is 1.40. The summed E-state index contributed by atoms with van der Waals surface area (Å²) in [7, 11) is 0. The first-order valence-electron chi connectivity index (χ1n) is 6.66. The van der Waals surface area contributed by atoms with Gasteiger partial charge in [-0.3, -0.25) is 0 Å². The number of pyridine rings is 1. The first kappa shape index (κ1) is 10.6. The van der Waals surface area contributed by atoms with Crippen molar-refractivity contribution in [3.8, 4) is 0 Å². The number of aryl methyl sites for hydroxylation is 1. The fourth-order valence-corrected chi connectivity index (χ4v) is 2.90. The molecule has 0 saturated heterocycles. The summed E-state index contributed by atoms with van der Waals surface area (Å²) in [5, 5.41) is 5.87. The lowest BCUT2D eigenvalue weighted by molar-refractivity contribution is 1.14. The first-order valence-corrected chi connectivity index (χ1v) is 6.66. The molecule has 0 aliphatic carbocycles. The Balaban J connectivity index is 2.27. The maximum Gasteiger partial charge on any atom is 0.0736 e. The van der Waals surface area contributed by atoms with Crippen molar-refractivity contribution in [2.45, 2.75) is 13.3 Å². The molecule has 1 aliphatic rings. The standard InChI is InChI=1S/C17H14N2/c1-2-11-7-8-15-16-13(9-10-18-17(11)16)12-5-3-4-6-14(12)19-15/h3-10,18H,2H2,1H3. The van der Waals surface area contributed by atoms with E-state index in [0.29, 0.717) is 0 Å². The van der Waals surface area contributed by atoms with Crippen LogP contribution in [0.15, 0.2) is 42.6 Å². The average molecular weight is 246 g/mol. The van der Waals surface area contributed by atoms with E-state index in [-0.39, 0.29) is 0 Å². The minimum absolute atomic E-state index is 1.03. The van der Waals surface area contributed by atoms with Crippen LogP contribution in [0.5, 0.6) is 0 Å². The van der Waals surface area contributed by atoms with Gasteiger partial charge in [-0.15, -0.1) is 0 Å². The summed E-state index contributed by atoms with van der Waals surface area (Å²) in [6.07, 6.45) is 5.21. The van der Waals surface area contributed by atoms with E-state index in [0.717, 1.165) is 17.5 Å². The molecule has 4 rings (SSSR count). The third-order valence-corrected chi connectivity index (χ3v) is 3.83. The van der Waals surface area contributed by atoms with E-state index in [1.165, 1.54) is 27.6 Å². The Morgan fingerprint density at radius 3 is 2.84 bits per heavy atom. The molecule has 92 valence electrons. The number of nitrogens with one attached hydrogen (secondary N) is 1. The van der Waals surface area contributed by atoms with E-state index >= 15 is 0 Å². The van der Waals surface area contributed by atoms with Crippen LogP contribution in [0.4, 0.5) is 5.69 Å². The molecular weight excluding hydrogens is 232 g/mol. The van der Waals surface area contributed by atoms with Gasteiger partial charge in [0.05, 0.1) is 16.7 Å². The highest BCUT2D eigenvalue weighted by atomic mass is 14.9. The fourth-order valence-electron chi connectivity index (χ4n) is 2.90.